The van der Waals surface area contributed by atoms with Crippen molar-refractivity contribution in [2.75, 3.05) is 0 Å². The number of aliphatic hydroxyl groups is 1. The molecule has 21 heavy (non-hydrogen) atoms. The van der Waals surface area contributed by atoms with Crippen LogP contribution in [0.4, 0.5) is 10.1 Å². The Hall–Kier alpha value is -1.99. The first-order valence-electron chi connectivity index (χ1n) is 5.98. The first-order valence-corrected chi connectivity index (χ1v) is 6.77. The molecule has 7 heteroatoms. The summed E-state index contributed by atoms with van der Waals surface area (Å²) < 4.78 is 19.1. The van der Waals surface area contributed by atoms with Crippen molar-refractivity contribution in [1.82, 2.24) is 0 Å². The third kappa shape index (κ3) is 3.56. The van der Waals surface area contributed by atoms with Crippen LogP contribution in [0.25, 0.3) is 0 Å². The molecule has 0 spiro atoms. The number of rotatable bonds is 4. The topological polar surface area (TPSA) is 72.6 Å². The van der Waals surface area contributed by atoms with Crippen LogP contribution in [0.1, 0.15) is 18.6 Å². The van der Waals surface area contributed by atoms with Crippen molar-refractivity contribution in [2.45, 2.75) is 13.0 Å². The van der Waals surface area contributed by atoms with Crippen molar-refractivity contribution in [1.29, 1.82) is 0 Å². The molecule has 0 aliphatic carbocycles. The number of nitrogens with zero attached hydrogens (tertiary/aromatic N) is 1. The number of ether oxygens (including phenoxy) is 1. The maximum atomic E-state index is 13.1. The molecule has 0 aromatic heterocycles. The minimum Gasteiger partial charge on any atom is -0.450 e. The molecule has 2 aromatic carbocycles. The number of hydrogen-bond donors (Lipinski definition) is 1. The number of halogens is 2. The Labute approximate surface area is 128 Å². The van der Waals surface area contributed by atoms with Gasteiger partial charge in [-0.25, -0.2) is 4.39 Å². The first kappa shape index (κ1) is 15.4. The summed E-state index contributed by atoms with van der Waals surface area (Å²) in [6.07, 6.45) is -0.659. The van der Waals surface area contributed by atoms with E-state index in [4.69, 9.17) is 4.74 Å². The number of hydrogen-bond acceptors (Lipinski definition) is 4. The number of aliphatic hydroxyl groups excluding tert-OH is 1. The van der Waals surface area contributed by atoms with Crippen LogP contribution in [0.2, 0.25) is 0 Å². The van der Waals surface area contributed by atoms with Gasteiger partial charge in [0.1, 0.15) is 11.6 Å². The quantitative estimate of drug-likeness (QED) is 0.653. The third-order valence-electron chi connectivity index (χ3n) is 2.77. The van der Waals surface area contributed by atoms with Crippen molar-refractivity contribution in [2.24, 2.45) is 0 Å². The van der Waals surface area contributed by atoms with Gasteiger partial charge in [0, 0.05) is 4.47 Å². The smallest absolute Gasteiger partial charge is 0.314 e. The Kier molecular flexibility index (Phi) is 4.54. The van der Waals surface area contributed by atoms with Gasteiger partial charge >= 0.3 is 5.69 Å². The van der Waals surface area contributed by atoms with Gasteiger partial charge in [0.2, 0.25) is 5.75 Å². The highest BCUT2D eigenvalue weighted by molar-refractivity contribution is 9.10. The van der Waals surface area contributed by atoms with Gasteiger partial charge in [-0.1, -0.05) is 22.0 Å². The zero-order chi connectivity index (χ0) is 15.6. The lowest BCUT2D eigenvalue weighted by atomic mass is 10.1. The van der Waals surface area contributed by atoms with Gasteiger partial charge in [-0.15, -0.1) is 0 Å². The molecule has 0 aliphatic rings. The normalized spacial score (nSPS) is 12.0. The summed E-state index contributed by atoms with van der Waals surface area (Å²) in [5.41, 5.74) is 0.210. The minimum absolute atomic E-state index is 0.0573. The first-order chi connectivity index (χ1) is 9.88. The lowest BCUT2D eigenvalue weighted by Crippen LogP contribution is -1.96. The van der Waals surface area contributed by atoms with Crippen LogP contribution < -0.4 is 4.74 Å². The van der Waals surface area contributed by atoms with Gasteiger partial charge in [-0.3, -0.25) is 10.1 Å². The van der Waals surface area contributed by atoms with Crippen LogP contribution in [0.3, 0.4) is 0 Å². The molecular formula is C14H11BrFNO4. The fourth-order valence-electron chi connectivity index (χ4n) is 1.76. The van der Waals surface area contributed by atoms with E-state index in [1.54, 1.807) is 25.1 Å². The van der Waals surface area contributed by atoms with E-state index in [9.17, 15) is 19.6 Å². The van der Waals surface area contributed by atoms with E-state index in [2.05, 4.69) is 15.9 Å². The second-order valence-corrected chi connectivity index (χ2v) is 5.18. The van der Waals surface area contributed by atoms with Crippen LogP contribution in [0, 0.1) is 15.9 Å². The molecule has 2 rings (SSSR count). The van der Waals surface area contributed by atoms with Gasteiger partial charge < -0.3 is 9.84 Å². The van der Waals surface area contributed by atoms with E-state index in [1.807, 2.05) is 0 Å². The molecule has 0 unspecified atom stereocenters. The van der Waals surface area contributed by atoms with Crippen molar-refractivity contribution >= 4 is 21.6 Å². The molecule has 2 aromatic rings. The van der Waals surface area contributed by atoms with E-state index < -0.39 is 22.5 Å². The Morgan fingerprint density at radius 3 is 2.62 bits per heavy atom. The molecule has 110 valence electrons. The highest BCUT2D eigenvalue weighted by Gasteiger charge is 2.17. The monoisotopic (exact) mass is 355 g/mol. The van der Waals surface area contributed by atoms with E-state index >= 15 is 0 Å². The summed E-state index contributed by atoms with van der Waals surface area (Å²) in [5.74, 6) is -0.432. The second-order valence-electron chi connectivity index (χ2n) is 4.33. The molecule has 0 bridgehead atoms. The molecule has 0 saturated carbocycles. The van der Waals surface area contributed by atoms with Gasteiger partial charge in [0.05, 0.1) is 17.1 Å². The largest absolute Gasteiger partial charge is 0.450 e. The standard InChI is InChI=1S/C14H11BrFNO4/c1-8(18)11-4-3-10(7-12(11)15)21-14-5-2-9(16)6-13(14)17(19)20/h2-8,18H,1H3/t8-/m1/s1. The average Bonchev–Trinajstić information content (AvgIpc) is 2.40. The molecule has 0 amide bonds. The predicted molar refractivity (Wildman–Crippen MR) is 77.9 cm³/mol. The average molecular weight is 356 g/mol. The fraction of sp³-hybridized carbons (Fsp3) is 0.143. The van der Waals surface area contributed by atoms with Gasteiger partial charge in [-0.05, 0) is 36.8 Å². The van der Waals surface area contributed by atoms with Crippen molar-refractivity contribution in [3.8, 4) is 11.5 Å². The summed E-state index contributed by atoms with van der Waals surface area (Å²) in [6.45, 7) is 1.62. The molecule has 0 radical (unpaired) electrons. The number of nitro benzene ring substituents is 1. The second kappa shape index (κ2) is 6.19. The maximum Gasteiger partial charge on any atom is 0.314 e. The molecule has 1 N–H and O–H groups in total. The van der Waals surface area contributed by atoms with E-state index in [0.29, 0.717) is 15.8 Å². The minimum atomic E-state index is -0.711. The molecular weight excluding hydrogens is 345 g/mol. The van der Waals surface area contributed by atoms with Crippen LogP contribution >= 0.6 is 15.9 Å². The van der Waals surface area contributed by atoms with Gasteiger partial charge in [-0.2, -0.15) is 0 Å². The zero-order valence-electron chi connectivity index (χ0n) is 10.9. The van der Waals surface area contributed by atoms with Gasteiger partial charge in [0.15, 0.2) is 0 Å². The van der Waals surface area contributed by atoms with Crippen molar-refractivity contribution in [3.05, 3.63) is 62.4 Å². The van der Waals surface area contributed by atoms with E-state index in [0.717, 1.165) is 12.1 Å². The SMILES string of the molecule is C[C@@H](O)c1ccc(Oc2ccc(F)cc2[N+](=O)[O-])cc1Br. The van der Waals surface area contributed by atoms with Gasteiger partial charge in [0.25, 0.3) is 0 Å². The fourth-order valence-corrected chi connectivity index (χ4v) is 2.45. The Morgan fingerprint density at radius 2 is 2.05 bits per heavy atom. The molecule has 0 fully saturated rings. The van der Waals surface area contributed by atoms with Crippen molar-refractivity contribution < 1.29 is 19.2 Å². The van der Waals surface area contributed by atoms with Crippen molar-refractivity contribution in [3.63, 3.8) is 0 Å². The predicted octanol–water partition coefficient (Wildman–Crippen LogP) is 4.34. The lowest BCUT2D eigenvalue weighted by molar-refractivity contribution is -0.385. The van der Waals surface area contributed by atoms with E-state index in [-0.39, 0.29) is 5.75 Å². The summed E-state index contributed by atoms with van der Waals surface area (Å²) in [7, 11) is 0. The molecule has 0 aliphatic heterocycles. The maximum absolute atomic E-state index is 13.1. The van der Waals surface area contributed by atoms with E-state index in [1.165, 1.54) is 6.07 Å². The zero-order valence-corrected chi connectivity index (χ0v) is 12.5. The number of benzene rings is 2. The highest BCUT2D eigenvalue weighted by Crippen LogP contribution is 2.34. The Balaban J connectivity index is 2.35. The highest BCUT2D eigenvalue weighted by atomic mass is 79.9. The summed E-state index contributed by atoms with van der Waals surface area (Å²) >= 11 is 3.29. The van der Waals surface area contributed by atoms with Crippen LogP contribution in [0.5, 0.6) is 11.5 Å². The summed E-state index contributed by atoms with van der Waals surface area (Å²) in [4.78, 5) is 10.2. The van der Waals surface area contributed by atoms with Crippen LogP contribution in [-0.2, 0) is 0 Å². The Bertz CT molecular complexity index is 691. The Morgan fingerprint density at radius 1 is 1.33 bits per heavy atom. The molecule has 1 atom stereocenters. The van der Waals surface area contributed by atoms with Crippen LogP contribution in [0.15, 0.2) is 40.9 Å². The molecule has 5 nitrogen and oxygen atoms in total. The summed E-state index contributed by atoms with van der Waals surface area (Å²) in [6, 6.07) is 7.87. The lowest BCUT2D eigenvalue weighted by Gasteiger charge is -2.11. The summed E-state index contributed by atoms with van der Waals surface area (Å²) in [5, 5.41) is 20.4. The molecule has 0 heterocycles. The van der Waals surface area contributed by atoms with Crippen LogP contribution in [-0.4, -0.2) is 10.0 Å². The third-order valence-corrected chi connectivity index (χ3v) is 3.45. The molecule has 0 saturated heterocycles. The number of nitro groups is 1.